The minimum atomic E-state index is 0.505. The van der Waals surface area contributed by atoms with Gasteiger partial charge in [0.2, 0.25) is 0 Å². The van der Waals surface area contributed by atoms with Gasteiger partial charge in [-0.25, -0.2) is 0 Å². The summed E-state index contributed by atoms with van der Waals surface area (Å²) in [6.45, 7) is 0. The van der Waals surface area contributed by atoms with Gasteiger partial charge in [0.05, 0.1) is 7.11 Å². The number of carbonyl (C=O) groups excluding carboxylic acids is 1. The average Bonchev–Trinajstić information content (AvgIpc) is 2.38. The van der Waals surface area contributed by atoms with Crippen molar-refractivity contribution in [1.29, 1.82) is 0 Å². The van der Waals surface area contributed by atoms with Crippen LogP contribution in [0.4, 0.5) is 0 Å². The molecule has 2 heteroatoms. The molecule has 0 amide bonds. The molecule has 0 aliphatic heterocycles. The zero-order chi connectivity index (χ0) is 11.4. The quantitative estimate of drug-likeness (QED) is 0.725. The Balaban J connectivity index is 2.38. The lowest BCUT2D eigenvalue weighted by atomic mass is 9.82. The summed E-state index contributed by atoms with van der Waals surface area (Å²) < 4.78 is 5.38. The maximum atomic E-state index is 11.1. The van der Waals surface area contributed by atoms with Crippen molar-refractivity contribution in [3.63, 3.8) is 0 Å². The standard InChI is InChI=1S/C14H18O2/c1-16-13-9-5-8-12(10-15)14(13)11-6-3-2-4-7-11/h5,8-11H,2-4,6-7H2,1H3. The zero-order valence-electron chi connectivity index (χ0n) is 9.74. The van der Waals surface area contributed by atoms with Crippen molar-refractivity contribution in [3.05, 3.63) is 29.3 Å². The molecule has 0 aromatic heterocycles. The number of hydrogen-bond donors (Lipinski definition) is 0. The Labute approximate surface area is 96.6 Å². The molecule has 1 aromatic rings. The third-order valence-electron chi connectivity index (χ3n) is 3.46. The smallest absolute Gasteiger partial charge is 0.150 e. The molecule has 0 radical (unpaired) electrons. The number of ether oxygens (including phenoxy) is 1. The average molecular weight is 218 g/mol. The van der Waals surface area contributed by atoms with Crippen molar-refractivity contribution in [2.75, 3.05) is 7.11 Å². The second kappa shape index (κ2) is 5.15. The largest absolute Gasteiger partial charge is 0.496 e. The van der Waals surface area contributed by atoms with Gasteiger partial charge in [-0.15, -0.1) is 0 Å². The van der Waals surface area contributed by atoms with Crippen LogP contribution in [0.1, 0.15) is 53.9 Å². The van der Waals surface area contributed by atoms with Crippen LogP contribution < -0.4 is 4.74 Å². The van der Waals surface area contributed by atoms with Crippen LogP contribution in [0.2, 0.25) is 0 Å². The first kappa shape index (κ1) is 11.2. The number of methoxy groups -OCH3 is 1. The fourth-order valence-electron chi connectivity index (χ4n) is 2.67. The summed E-state index contributed by atoms with van der Waals surface area (Å²) in [7, 11) is 1.68. The van der Waals surface area contributed by atoms with Gasteiger partial charge in [-0.2, -0.15) is 0 Å². The van der Waals surface area contributed by atoms with Crippen LogP contribution in [0.3, 0.4) is 0 Å². The van der Waals surface area contributed by atoms with Crippen LogP contribution in [0.25, 0.3) is 0 Å². The molecule has 1 aliphatic rings. The van der Waals surface area contributed by atoms with Gasteiger partial charge in [-0.05, 0) is 24.8 Å². The molecule has 16 heavy (non-hydrogen) atoms. The lowest BCUT2D eigenvalue weighted by molar-refractivity contribution is 0.112. The highest BCUT2D eigenvalue weighted by Crippen LogP contribution is 2.38. The zero-order valence-corrected chi connectivity index (χ0v) is 9.74. The Bertz CT molecular complexity index is 365. The molecule has 0 saturated heterocycles. The highest BCUT2D eigenvalue weighted by molar-refractivity contribution is 5.79. The van der Waals surface area contributed by atoms with Crippen molar-refractivity contribution in [2.24, 2.45) is 0 Å². The van der Waals surface area contributed by atoms with Crippen molar-refractivity contribution in [3.8, 4) is 5.75 Å². The van der Waals surface area contributed by atoms with Crippen LogP contribution >= 0.6 is 0 Å². The van der Waals surface area contributed by atoms with E-state index >= 15 is 0 Å². The van der Waals surface area contributed by atoms with Crippen LogP contribution in [0, 0.1) is 0 Å². The summed E-state index contributed by atoms with van der Waals surface area (Å²) in [6, 6.07) is 5.73. The van der Waals surface area contributed by atoms with Crippen molar-refractivity contribution < 1.29 is 9.53 Å². The molecular formula is C14H18O2. The summed E-state index contributed by atoms with van der Waals surface area (Å²) in [6.07, 6.45) is 7.17. The Kier molecular flexibility index (Phi) is 3.60. The fraction of sp³-hybridized carbons (Fsp3) is 0.500. The lowest BCUT2D eigenvalue weighted by Gasteiger charge is -2.24. The molecule has 0 unspecified atom stereocenters. The minimum Gasteiger partial charge on any atom is -0.496 e. The monoisotopic (exact) mass is 218 g/mol. The van der Waals surface area contributed by atoms with E-state index in [4.69, 9.17) is 4.74 Å². The molecule has 0 atom stereocenters. The topological polar surface area (TPSA) is 26.3 Å². The van der Waals surface area contributed by atoms with Crippen molar-refractivity contribution in [2.45, 2.75) is 38.0 Å². The first-order valence-electron chi connectivity index (χ1n) is 5.99. The van der Waals surface area contributed by atoms with Crippen LogP contribution in [-0.2, 0) is 0 Å². The summed E-state index contributed by atoms with van der Waals surface area (Å²) >= 11 is 0. The predicted molar refractivity (Wildman–Crippen MR) is 64.2 cm³/mol. The number of carbonyl (C=O) groups is 1. The van der Waals surface area contributed by atoms with E-state index in [-0.39, 0.29) is 0 Å². The van der Waals surface area contributed by atoms with Crippen LogP contribution in [0.5, 0.6) is 5.75 Å². The van der Waals surface area contributed by atoms with Gasteiger partial charge in [0, 0.05) is 11.1 Å². The van der Waals surface area contributed by atoms with E-state index in [0.29, 0.717) is 5.92 Å². The van der Waals surface area contributed by atoms with E-state index in [9.17, 15) is 4.79 Å². The first-order valence-corrected chi connectivity index (χ1v) is 5.99. The molecule has 2 nitrogen and oxygen atoms in total. The van der Waals surface area contributed by atoms with E-state index in [0.717, 1.165) is 23.2 Å². The Morgan fingerprint density at radius 2 is 2.00 bits per heavy atom. The highest BCUT2D eigenvalue weighted by Gasteiger charge is 2.21. The van der Waals surface area contributed by atoms with Gasteiger partial charge in [0.1, 0.15) is 12.0 Å². The summed E-state index contributed by atoms with van der Waals surface area (Å²) in [4.78, 5) is 11.1. The summed E-state index contributed by atoms with van der Waals surface area (Å²) in [5.74, 6) is 1.38. The SMILES string of the molecule is COc1cccc(C=O)c1C1CCCCC1. The van der Waals surface area contributed by atoms with Gasteiger partial charge < -0.3 is 4.74 Å². The number of hydrogen-bond acceptors (Lipinski definition) is 2. The van der Waals surface area contributed by atoms with Crippen molar-refractivity contribution in [1.82, 2.24) is 0 Å². The first-order chi connectivity index (χ1) is 7.86. The molecule has 86 valence electrons. The third-order valence-corrected chi connectivity index (χ3v) is 3.46. The van der Waals surface area contributed by atoms with Gasteiger partial charge >= 0.3 is 0 Å². The maximum absolute atomic E-state index is 11.1. The van der Waals surface area contributed by atoms with Gasteiger partial charge in [-0.1, -0.05) is 31.4 Å². The van der Waals surface area contributed by atoms with Crippen molar-refractivity contribution >= 4 is 6.29 Å². The number of rotatable bonds is 3. The van der Waals surface area contributed by atoms with E-state index in [1.807, 2.05) is 18.2 Å². The predicted octanol–water partition coefficient (Wildman–Crippen LogP) is 3.56. The third kappa shape index (κ3) is 2.11. The van der Waals surface area contributed by atoms with E-state index in [2.05, 4.69) is 0 Å². The molecule has 0 N–H and O–H groups in total. The van der Waals surface area contributed by atoms with Gasteiger partial charge in [0.15, 0.2) is 0 Å². The molecule has 0 bridgehead atoms. The van der Waals surface area contributed by atoms with Gasteiger partial charge in [-0.3, -0.25) is 4.79 Å². The molecule has 0 heterocycles. The molecule has 1 saturated carbocycles. The number of aldehydes is 1. The summed E-state index contributed by atoms with van der Waals surface area (Å²) in [5.41, 5.74) is 1.92. The highest BCUT2D eigenvalue weighted by atomic mass is 16.5. The second-order valence-corrected chi connectivity index (χ2v) is 4.42. The Morgan fingerprint density at radius 1 is 1.25 bits per heavy atom. The second-order valence-electron chi connectivity index (χ2n) is 4.42. The molecular weight excluding hydrogens is 200 g/mol. The van der Waals surface area contributed by atoms with E-state index in [1.54, 1.807) is 7.11 Å². The van der Waals surface area contributed by atoms with Crippen LogP contribution in [-0.4, -0.2) is 13.4 Å². The fourth-order valence-corrected chi connectivity index (χ4v) is 2.67. The van der Waals surface area contributed by atoms with Crippen LogP contribution in [0.15, 0.2) is 18.2 Å². The van der Waals surface area contributed by atoms with Gasteiger partial charge in [0.25, 0.3) is 0 Å². The Morgan fingerprint density at radius 3 is 2.62 bits per heavy atom. The normalized spacial score (nSPS) is 17.1. The van der Waals surface area contributed by atoms with E-state index < -0.39 is 0 Å². The molecule has 1 aromatic carbocycles. The minimum absolute atomic E-state index is 0.505. The maximum Gasteiger partial charge on any atom is 0.150 e. The molecule has 0 spiro atoms. The Hall–Kier alpha value is -1.31. The molecule has 1 aliphatic carbocycles. The number of benzene rings is 1. The lowest BCUT2D eigenvalue weighted by Crippen LogP contribution is -2.09. The summed E-state index contributed by atoms with van der Waals surface area (Å²) in [5, 5.41) is 0. The molecule has 1 fully saturated rings. The molecule has 2 rings (SSSR count). The van der Waals surface area contributed by atoms with E-state index in [1.165, 1.54) is 32.1 Å².